The summed E-state index contributed by atoms with van der Waals surface area (Å²) in [5.41, 5.74) is 2.34. The number of likely N-dealkylation sites (tertiary alicyclic amines) is 1. The average molecular weight is 488 g/mol. The molecule has 0 saturated carbocycles. The lowest BCUT2D eigenvalue weighted by Crippen LogP contribution is -2.44. The van der Waals surface area contributed by atoms with Gasteiger partial charge in [0.1, 0.15) is 5.75 Å². The first-order chi connectivity index (χ1) is 12.7. The maximum Gasteiger partial charge on any atom is 0.191 e. The van der Waals surface area contributed by atoms with Crippen molar-refractivity contribution in [3.8, 4) is 5.75 Å². The number of ether oxygens (including phenoxy) is 1. The van der Waals surface area contributed by atoms with Gasteiger partial charge in [-0.2, -0.15) is 0 Å². The highest BCUT2D eigenvalue weighted by atomic mass is 127. The molecule has 1 aliphatic heterocycles. The van der Waals surface area contributed by atoms with Gasteiger partial charge in [-0.3, -0.25) is 0 Å². The summed E-state index contributed by atoms with van der Waals surface area (Å²) in [4.78, 5) is 7.32. The summed E-state index contributed by atoms with van der Waals surface area (Å²) >= 11 is 0. The minimum atomic E-state index is 0. The van der Waals surface area contributed by atoms with Crippen LogP contribution in [0.2, 0.25) is 0 Å². The topological polar surface area (TPSA) is 48.9 Å². The van der Waals surface area contributed by atoms with E-state index in [1.807, 2.05) is 6.92 Å². The fourth-order valence-electron chi connectivity index (χ4n) is 3.43. The molecule has 5 nitrogen and oxygen atoms in total. The number of guanidine groups is 1. The lowest BCUT2D eigenvalue weighted by Gasteiger charge is -2.32. The molecule has 1 aromatic rings. The Morgan fingerprint density at radius 2 is 2.07 bits per heavy atom. The molecule has 27 heavy (non-hydrogen) atoms. The fraction of sp³-hybridized carbons (Fsp3) is 0.667. The van der Waals surface area contributed by atoms with E-state index in [0.717, 1.165) is 36.9 Å². The second-order valence-electron chi connectivity index (χ2n) is 7.02. The maximum atomic E-state index is 5.77. The second kappa shape index (κ2) is 13.2. The van der Waals surface area contributed by atoms with E-state index in [2.05, 4.69) is 54.5 Å². The molecule has 1 aromatic carbocycles. The Hall–Kier alpha value is -1.02. The lowest BCUT2D eigenvalue weighted by atomic mass is 9.98. The molecule has 6 heteroatoms. The highest BCUT2D eigenvalue weighted by Crippen LogP contribution is 2.21. The van der Waals surface area contributed by atoms with Crippen molar-refractivity contribution < 1.29 is 4.74 Å². The smallest absolute Gasteiger partial charge is 0.191 e. The minimum absolute atomic E-state index is 0. The number of halogens is 1. The Morgan fingerprint density at radius 3 is 2.78 bits per heavy atom. The number of piperidine rings is 1. The van der Waals surface area contributed by atoms with Crippen LogP contribution in [0.15, 0.2) is 23.2 Å². The number of hydrogen-bond donors (Lipinski definition) is 2. The third-order valence-corrected chi connectivity index (χ3v) is 4.88. The van der Waals surface area contributed by atoms with Crippen LogP contribution in [0.4, 0.5) is 0 Å². The van der Waals surface area contributed by atoms with Crippen molar-refractivity contribution in [2.45, 2.75) is 47.1 Å². The largest absolute Gasteiger partial charge is 0.494 e. The molecule has 0 aliphatic carbocycles. The SMILES string of the molecule is CCNC(=NCc1ccc(C)cc1OCC)NCC1CCCN(CC)C1.I. The summed E-state index contributed by atoms with van der Waals surface area (Å²) in [5.74, 6) is 2.54. The van der Waals surface area contributed by atoms with Gasteiger partial charge < -0.3 is 20.3 Å². The van der Waals surface area contributed by atoms with Crippen LogP contribution in [-0.2, 0) is 6.54 Å². The monoisotopic (exact) mass is 488 g/mol. The van der Waals surface area contributed by atoms with Crippen LogP contribution >= 0.6 is 24.0 Å². The van der Waals surface area contributed by atoms with Crippen molar-refractivity contribution in [2.24, 2.45) is 10.9 Å². The van der Waals surface area contributed by atoms with E-state index < -0.39 is 0 Å². The highest BCUT2D eigenvalue weighted by Gasteiger charge is 2.18. The molecule has 2 N–H and O–H groups in total. The third kappa shape index (κ3) is 8.25. The molecule has 0 aromatic heterocycles. The van der Waals surface area contributed by atoms with Crippen LogP contribution in [0.3, 0.4) is 0 Å². The molecular weight excluding hydrogens is 451 g/mol. The highest BCUT2D eigenvalue weighted by molar-refractivity contribution is 14.0. The Kier molecular flexibility index (Phi) is 11.7. The molecule has 0 amide bonds. The predicted molar refractivity (Wildman–Crippen MR) is 125 cm³/mol. The van der Waals surface area contributed by atoms with Crippen molar-refractivity contribution in [2.75, 3.05) is 39.3 Å². The van der Waals surface area contributed by atoms with E-state index in [4.69, 9.17) is 9.73 Å². The first-order valence-electron chi connectivity index (χ1n) is 10.1. The van der Waals surface area contributed by atoms with Crippen molar-refractivity contribution in [3.05, 3.63) is 29.3 Å². The third-order valence-electron chi connectivity index (χ3n) is 4.88. The van der Waals surface area contributed by atoms with E-state index in [9.17, 15) is 0 Å². The number of aliphatic imine (C=N–C) groups is 1. The number of nitrogens with zero attached hydrogens (tertiary/aromatic N) is 2. The maximum absolute atomic E-state index is 5.77. The zero-order valence-corrected chi connectivity index (χ0v) is 19.7. The van der Waals surface area contributed by atoms with Crippen LogP contribution in [0, 0.1) is 12.8 Å². The van der Waals surface area contributed by atoms with Gasteiger partial charge in [0.05, 0.1) is 13.2 Å². The van der Waals surface area contributed by atoms with E-state index in [-0.39, 0.29) is 24.0 Å². The quantitative estimate of drug-likeness (QED) is 0.332. The van der Waals surface area contributed by atoms with Crippen molar-refractivity contribution in [1.29, 1.82) is 0 Å². The fourth-order valence-corrected chi connectivity index (χ4v) is 3.43. The number of aryl methyl sites for hydroxylation is 1. The molecule has 1 atom stereocenters. The standard InChI is InChI=1S/C21H36N4O.HI/c1-5-22-21(23-14-18-9-8-12-25(6-2)16-18)24-15-19-11-10-17(4)13-20(19)26-7-3;/h10-11,13,18H,5-9,12,14-16H2,1-4H3,(H2,22,23,24);1H. The number of benzene rings is 1. The van der Waals surface area contributed by atoms with E-state index in [0.29, 0.717) is 19.1 Å². The molecule has 1 saturated heterocycles. The molecule has 0 radical (unpaired) electrons. The van der Waals surface area contributed by atoms with Gasteiger partial charge in [0.15, 0.2) is 5.96 Å². The summed E-state index contributed by atoms with van der Waals surface area (Å²) in [6, 6.07) is 6.33. The van der Waals surface area contributed by atoms with Crippen molar-refractivity contribution >= 4 is 29.9 Å². The summed E-state index contributed by atoms with van der Waals surface area (Å²) < 4.78 is 5.77. The van der Waals surface area contributed by atoms with Crippen LogP contribution in [0.25, 0.3) is 0 Å². The zero-order valence-electron chi connectivity index (χ0n) is 17.4. The normalized spacial score (nSPS) is 17.9. The van der Waals surface area contributed by atoms with Crippen molar-refractivity contribution in [3.63, 3.8) is 0 Å². The Labute approximate surface area is 182 Å². The molecule has 2 rings (SSSR count). The summed E-state index contributed by atoms with van der Waals surface area (Å²) in [6.45, 7) is 15.2. The summed E-state index contributed by atoms with van der Waals surface area (Å²) in [7, 11) is 0. The molecule has 1 unspecified atom stereocenters. The number of rotatable bonds is 8. The second-order valence-corrected chi connectivity index (χ2v) is 7.02. The average Bonchev–Trinajstić information content (AvgIpc) is 2.65. The van der Waals surface area contributed by atoms with Gasteiger partial charge in [-0.1, -0.05) is 19.1 Å². The van der Waals surface area contributed by atoms with Crippen LogP contribution in [-0.4, -0.2) is 50.2 Å². The van der Waals surface area contributed by atoms with Crippen molar-refractivity contribution in [1.82, 2.24) is 15.5 Å². The molecule has 0 bridgehead atoms. The van der Waals surface area contributed by atoms with Gasteiger partial charge >= 0.3 is 0 Å². The van der Waals surface area contributed by atoms with Gasteiger partial charge in [0, 0.05) is 25.2 Å². The lowest BCUT2D eigenvalue weighted by molar-refractivity contribution is 0.183. The van der Waals surface area contributed by atoms with E-state index >= 15 is 0 Å². The number of nitrogens with one attached hydrogen (secondary N) is 2. The molecule has 154 valence electrons. The van der Waals surface area contributed by atoms with Crippen LogP contribution in [0.5, 0.6) is 5.75 Å². The van der Waals surface area contributed by atoms with Gasteiger partial charge in [-0.15, -0.1) is 24.0 Å². The predicted octanol–water partition coefficient (Wildman–Crippen LogP) is 3.80. The Morgan fingerprint density at radius 1 is 1.26 bits per heavy atom. The van der Waals surface area contributed by atoms with E-state index in [1.165, 1.54) is 31.5 Å². The van der Waals surface area contributed by atoms with Gasteiger partial charge in [0.2, 0.25) is 0 Å². The van der Waals surface area contributed by atoms with Gasteiger partial charge in [0.25, 0.3) is 0 Å². The number of hydrogen-bond acceptors (Lipinski definition) is 3. The minimum Gasteiger partial charge on any atom is -0.494 e. The molecule has 1 aliphatic rings. The molecule has 1 fully saturated rings. The molecule has 1 heterocycles. The summed E-state index contributed by atoms with van der Waals surface area (Å²) in [6.07, 6.45) is 2.60. The zero-order chi connectivity index (χ0) is 18.8. The Balaban J connectivity index is 0.00000364. The molecular formula is C21H37IN4O. The van der Waals surface area contributed by atoms with Crippen LogP contribution in [0.1, 0.15) is 44.7 Å². The van der Waals surface area contributed by atoms with Gasteiger partial charge in [-0.05, 0) is 64.3 Å². The molecule has 0 spiro atoms. The van der Waals surface area contributed by atoms with Gasteiger partial charge in [-0.25, -0.2) is 4.99 Å². The summed E-state index contributed by atoms with van der Waals surface area (Å²) in [5, 5.41) is 6.90. The Bertz CT molecular complexity index is 579. The first-order valence-corrected chi connectivity index (χ1v) is 10.1. The van der Waals surface area contributed by atoms with E-state index in [1.54, 1.807) is 0 Å². The van der Waals surface area contributed by atoms with Crippen LogP contribution < -0.4 is 15.4 Å². The first kappa shape index (κ1) is 24.0.